The smallest absolute Gasteiger partial charge is 0.290 e. The highest BCUT2D eigenvalue weighted by molar-refractivity contribution is 5.34. The molecule has 1 aromatic rings. The standard InChI is InChI=1S/C11H17N3O2/c15-8-11(4-2-1-3-5-11)14-9-10(16)13-7-6-12-9/h6-7,15H,1-5,8H2,(H,12,14)(H,13,16). The van der Waals surface area contributed by atoms with E-state index in [2.05, 4.69) is 15.3 Å². The van der Waals surface area contributed by atoms with Crippen molar-refractivity contribution < 1.29 is 5.11 Å². The summed E-state index contributed by atoms with van der Waals surface area (Å²) >= 11 is 0. The number of aromatic nitrogens is 2. The number of aliphatic hydroxyl groups excluding tert-OH is 1. The molecule has 0 spiro atoms. The highest BCUT2D eigenvalue weighted by Gasteiger charge is 2.32. The fourth-order valence-corrected chi connectivity index (χ4v) is 2.24. The maximum absolute atomic E-state index is 11.5. The van der Waals surface area contributed by atoms with Crippen LogP contribution in [0.5, 0.6) is 0 Å². The fraction of sp³-hybridized carbons (Fsp3) is 0.636. The second-order valence-electron chi connectivity index (χ2n) is 4.39. The SMILES string of the molecule is O=c1[nH]ccnc1NC1(CO)CCCCC1. The monoisotopic (exact) mass is 223 g/mol. The van der Waals surface area contributed by atoms with Gasteiger partial charge in [-0.15, -0.1) is 0 Å². The summed E-state index contributed by atoms with van der Waals surface area (Å²) in [7, 11) is 0. The second kappa shape index (κ2) is 4.65. The lowest BCUT2D eigenvalue weighted by atomic mass is 9.82. The number of aromatic amines is 1. The van der Waals surface area contributed by atoms with Gasteiger partial charge >= 0.3 is 0 Å². The van der Waals surface area contributed by atoms with E-state index in [0.717, 1.165) is 25.7 Å². The molecule has 0 aromatic carbocycles. The molecule has 1 aliphatic rings. The molecule has 0 radical (unpaired) electrons. The lowest BCUT2D eigenvalue weighted by Crippen LogP contribution is -2.45. The molecule has 3 N–H and O–H groups in total. The van der Waals surface area contributed by atoms with Gasteiger partial charge in [0.05, 0.1) is 12.1 Å². The Labute approximate surface area is 93.9 Å². The molecule has 88 valence electrons. The molecule has 16 heavy (non-hydrogen) atoms. The number of anilines is 1. The Morgan fingerprint density at radius 1 is 1.44 bits per heavy atom. The van der Waals surface area contributed by atoms with Gasteiger partial charge in [0, 0.05) is 12.4 Å². The zero-order valence-electron chi connectivity index (χ0n) is 9.20. The predicted molar refractivity (Wildman–Crippen MR) is 61.4 cm³/mol. The Hall–Kier alpha value is -1.36. The van der Waals surface area contributed by atoms with Crippen LogP contribution in [-0.4, -0.2) is 27.2 Å². The topological polar surface area (TPSA) is 78.0 Å². The first-order valence-corrected chi connectivity index (χ1v) is 5.68. The van der Waals surface area contributed by atoms with Gasteiger partial charge < -0.3 is 15.4 Å². The van der Waals surface area contributed by atoms with E-state index in [-0.39, 0.29) is 17.7 Å². The Bertz CT molecular complexity index is 396. The van der Waals surface area contributed by atoms with E-state index in [0.29, 0.717) is 5.82 Å². The van der Waals surface area contributed by atoms with Crippen molar-refractivity contribution in [3.63, 3.8) is 0 Å². The fourth-order valence-electron chi connectivity index (χ4n) is 2.24. The van der Waals surface area contributed by atoms with Gasteiger partial charge in [-0.25, -0.2) is 4.98 Å². The summed E-state index contributed by atoms with van der Waals surface area (Å²) in [5, 5.41) is 12.6. The number of aliphatic hydroxyl groups is 1. The minimum atomic E-state index is -0.362. The van der Waals surface area contributed by atoms with Crippen molar-refractivity contribution in [2.24, 2.45) is 0 Å². The lowest BCUT2D eigenvalue weighted by Gasteiger charge is -2.36. The zero-order chi connectivity index (χ0) is 11.4. The van der Waals surface area contributed by atoms with Crippen LogP contribution in [0.2, 0.25) is 0 Å². The summed E-state index contributed by atoms with van der Waals surface area (Å²) in [5.41, 5.74) is -0.597. The molecular formula is C11H17N3O2. The molecule has 0 bridgehead atoms. The second-order valence-corrected chi connectivity index (χ2v) is 4.39. The number of hydrogen-bond donors (Lipinski definition) is 3. The summed E-state index contributed by atoms with van der Waals surface area (Å²) in [6.07, 6.45) is 8.18. The van der Waals surface area contributed by atoms with Crippen molar-refractivity contribution in [1.29, 1.82) is 0 Å². The van der Waals surface area contributed by atoms with Gasteiger partial charge in [0.1, 0.15) is 0 Å². The van der Waals surface area contributed by atoms with Crippen LogP contribution in [-0.2, 0) is 0 Å². The van der Waals surface area contributed by atoms with Gasteiger partial charge in [0.15, 0.2) is 5.82 Å². The maximum Gasteiger partial charge on any atom is 0.290 e. The van der Waals surface area contributed by atoms with Crippen LogP contribution in [0.4, 0.5) is 5.82 Å². The van der Waals surface area contributed by atoms with Crippen LogP contribution in [0.3, 0.4) is 0 Å². The van der Waals surface area contributed by atoms with E-state index in [1.165, 1.54) is 18.8 Å². The molecule has 5 nitrogen and oxygen atoms in total. The van der Waals surface area contributed by atoms with Crippen LogP contribution >= 0.6 is 0 Å². The van der Waals surface area contributed by atoms with Gasteiger partial charge in [-0.1, -0.05) is 19.3 Å². The highest BCUT2D eigenvalue weighted by atomic mass is 16.3. The number of H-pyrrole nitrogens is 1. The van der Waals surface area contributed by atoms with Gasteiger partial charge in [-0.2, -0.15) is 0 Å². The number of nitrogens with one attached hydrogen (secondary N) is 2. The van der Waals surface area contributed by atoms with Gasteiger partial charge in [0.25, 0.3) is 5.56 Å². The third kappa shape index (κ3) is 2.24. The van der Waals surface area contributed by atoms with Crippen molar-refractivity contribution in [2.45, 2.75) is 37.6 Å². The number of nitrogens with zero attached hydrogens (tertiary/aromatic N) is 1. The van der Waals surface area contributed by atoms with E-state index in [1.54, 1.807) is 0 Å². The van der Waals surface area contributed by atoms with E-state index in [9.17, 15) is 9.90 Å². The molecule has 1 fully saturated rings. The minimum Gasteiger partial charge on any atom is -0.394 e. The Morgan fingerprint density at radius 3 is 2.81 bits per heavy atom. The molecule has 0 unspecified atom stereocenters. The van der Waals surface area contributed by atoms with E-state index in [4.69, 9.17) is 0 Å². The van der Waals surface area contributed by atoms with Gasteiger partial charge in [-0.3, -0.25) is 4.79 Å². The van der Waals surface area contributed by atoms with Crippen molar-refractivity contribution in [1.82, 2.24) is 9.97 Å². The molecule has 0 saturated heterocycles. The normalized spacial score (nSPS) is 19.3. The summed E-state index contributed by atoms with van der Waals surface area (Å²) in [6, 6.07) is 0. The van der Waals surface area contributed by atoms with Crippen molar-refractivity contribution in [2.75, 3.05) is 11.9 Å². The van der Waals surface area contributed by atoms with Crippen LogP contribution in [0, 0.1) is 0 Å². The van der Waals surface area contributed by atoms with Crippen molar-refractivity contribution in [3.8, 4) is 0 Å². The average molecular weight is 223 g/mol. The Balaban J connectivity index is 2.18. The van der Waals surface area contributed by atoms with Crippen LogP contribution in [0.25, 0.3) is 0 Å². The minimum absolute atomic E-state index is 0.0447. The largest absolute Gasteiger partial charge is 0.394 e. The third-order valence-electron chi connectivity index (χ3n) is 3.20. The molecule has 1 saturated carbocycles. The molecular weight excluding hydrogens is 206 g/mol. The van der Waals surface area contributed by atoms with E-state index >= 15 is 0 Å². The molecule has 0 atom stereocenters. The predicted octanol–water partition coefficient (Wildman–Crippen LogP) is 0.877. The molecule has 1 heterocycles. The van der Waals surface area contributed by atoms with Crippen LogP contribution in [0.1, 0.15) is 32.1 Å². The Morgan fingerprint density at radius 2 is 2.19 bits per heavy atom. The number of rotatable bonds is 3. The molecule has 1 aromatic heterocycles. The van der Waals surface area contributed by atoms with Gasteiger partial charge in [0.2, 0.25) is 0 Å². The Kier molecular flexibility index (Phi) is 3.24. The quantitative estimate of drug-likeness (QED) is 0.710. The summed E-state index contributed by atoms with van der Waals surface area (Å²) in [6.45, 7) is 0.0447. The lowest BCUT2D eigenvalue weighted by molar-refractivity contribution is 0.172. The maximum atomic E-state index is 11.5. The van der Waals surface area contributed by atoms with Crippen molar-refractivity contribution in [3.05, 3.63) is 22.7 Å². The molecule has 0 amide bonds. The summed E-state index contributed by atoms with van der Waals surface area (Å²) < 4.78 is 0. The van der Waals surface area contributed by atoms with E-state index < -0.39 is 0 Å². The molecule has 2 rings (SSSR count). The third-order valence-corrected chi connectivity index (χ3v) is 3.20. The van der Waals surface area contributed by atoms with Crippen LogP contribution in [0.15, 0.2) is 17.2 Å². The van der Waals surface area contributed by atoms with Gasteiger partial charge in [-0.05, 0) is 12.8 Å². The first kappa shape index (κ1) is 11.1. The van der Waals surface area contributed by atoms with Crippen molar-refractivity contribution >= 4 is 5.82 Å². The molecule has 5 heteroatoms. The molecule has 0 aliphatic heterocycles. The van der Waals surface area contributed by atoms with Crippen LogP contribution < -0.4 is 10.9 Å². The molecule has 1 aliphatic carbocycles. The zero-order valence-corrected chi connectivity index (χ0v) is 9.20. The summed E-state index contributed by atoms with van der Waals surface area (Å²) in [4.78, 5) is 18.1. The summed E-state index contributed by atoms with van der Waals surface area (Å²) in [5.74, 6) is 0.304. The van der Waals surface area contributed by atoms with E-state index in [1.807, 2.05) is 0 Å². The average Bonchev–Trinajstić information content (AvgIpc) is 2.33. The first-order valence-electron chi connectivity index (χ1n) is 5.68. The highest BCUT2D eigenvalue weighted by Crippen LogP contribution is 2.29. The first-order chi connectivity index (χ1) is 7.76. The number of hydrogen-bond acceptors (Lipinski definition) is 4.